The van der Waals surface area contributed by atoms with Crippen molar-refractivity contribution in [1.29, 1.82) is 0 Å². The molecular formula is C18H15FN2O5S2. The van der Waals surface area contributed by atoms with Gasteiger partial charge in [0.15, 0.2) is 5.75 Å². The maximum Gasteiger partial charge on any atom is 0.312 e. The van der Waals surface area contributed by atoms with Crippen LogP contribution in [0.5, 0.6) is 5.75 Å². The molecule has 1 aromatic heterocycles. The Bertz CT molecular complexity index is 1080. The van der Waals surface area contributed by atoms with Gasteiger partial charge in [0.2, 0.25) is 10.0 Å². The fourth-order valence-corrected chi connectivity index (χ4v) is 4.70. The summed E-state index contributed by atoms with van der Waals surface area (Å²) in [6.45, 7) is 0. The number of rotatable bonds is 7. The molecule has 1 heterocycles. The maximum absolute atomic E-state index is 13.3. The number of hydrogen-bond donors (Lipinski definition) is 1. The lowest BCUT2D eigenvalue weighted by molar-refractivity contribution is -0.386. The Kier molecular flexibility index (Phi) is 5.73. The van der Waals surface area contributed by atoms with Crippen molar-refractivity contribution in [3.05, 3.63) is 86.3 Å². The van der Waals surface area contributed by atoms with Crippen LogP contribution >= 0.6 is 11.3 Å². The van der Waals surface area contributed by atoms with Crippen LogP contribution in [0.25, 0.3) is 0 Å². The molecular weight excluding hydrogens is 407 g/mol. The van der Waals surface area contributed by atoms with Crippen LogP contribution in [-0.4, -0.2) is 20.5 Å². The number of nitrogens with zero attached hydrogens (tertiary/aromatic N) is 1. The Labute approximate surface area is 164 Å². The van der Waals surface area contributed by atoms with Crippen LogP contribution in [0.3, 0.4) is 0 Å². The number of nitrogens with one attached hydrogen (secondary N) is 1. The van der Waals surface area contributed by atoms with Crippen molar-refractivity contribution >= 4 is 27.0 Å². The van der Waals surface area contributed by atoms with Crippen LogP contribution in [-0.2, 0) is 10.0 Å². The Balaban J connectivity index is 2.01. The summed E-state index contributed by atoms with van der Waals surface area (Å²) in [6, 6.07) is 11.6. The van der Waals surface area contributed by atoms with Crippen LogP contribution in [0.2, 0.25) is 0 Å². The van der Waals surface area contributed by atoms with Gasteiger partial charge < -0.3 is 4.74 Å². The molecule has 3 aromatic rings. The molecule has 146 valence electrons. The normalized spacial score (nSPS) is 12.5. The standard InChI is InChI=1S/C18H15FN2O5S2/c1-26-16-9-8-14(11-15(16)21(22)23)28(24,25)20-18(17-3-2-10-27-17)12-4-6-13(19)7-5-12/h2-11,18,20H,1H3/t18-/m0/s1. The van der Waals surface area contributed by atoms with E-state index in [-0.39, 0.29) is 10.6 Å². The number of halogens is 1. The van der Waals surface area contributed by atoms with E-state index in [9.17, 15) is 22.9 Å². The average molecular weight is 422 g/mol. The second-order valence-electron chi connectivity index (χ2n) is 5.71. The summed E-state index contributed by atoms with van der Waals surface area (Å²) in [7, 11) is -2.86. The number of benzene rings is 2. The molecule has 0 saturated heterocycles. The van der Waals surface area contributed by atoms with E-state index in [1.54, 1.807) is 17.5 Å². The molecule has 10 heteroatoms. The highest BCUT2D eigenvalue weighted by Gasteiger charge is 2.26. The van der Waals surface area contributed by atoms with Crippen molar-refractivity contribution in [1.82, 2.24) is 4.72 Å². The molecule has 0 unspecified atom stereocenters. The monoisotopic (exact) mass is 422 g/mol. The van der Waals surface area contributed by atoms with Crippen molar-refractivity contribution < 1.29 is 22.5 Å². The molecule has 0 radical (unpaired) electrons. The zero-order valence-corrected chi connectivity index (χ0v) is 16.2. The lowest BCUT2D eigenvalue weighted by Crippen LogP contribution is -2.29. The molecule has 2 aromatic carbocycles. The summed E-state index contributed by atoms with van der Waals surface area (Å²) in [6.07, 6.45) is 0. The van der Waals surface area contributed by atoms with Crippen LogP contribution in [0.1, 0.15) is 16.5 Å². The van der Waals surface area contributed by atoms with Crippen LogP contribution < -0.4 is 9.46 Å². The van der Waals surface area contributed by atoms with E-state index in [2.05, 4.69) is 4.72 Å². The van der Waals surface area contributed by atoms with E-state index in [0.717, 1.165) is 6.07 Å². The number of methoxy groups -OCH3 is 1. The molecule has 0 aliphatic heterocycles. The minimum atomic E-state index is -4.12. The molecule has 1 N–H and O–H groups in total. The lowest BCUT2D eigenvalue weighted by Gasteiger charge is -2.18. The highest BCUT2D eigenvalue weighted by molar-refractivity contribution is 7.89. The molecule has 0 aliphatic rings. The second-order valence-corrected chi connectivity index (χ2v) is 8.41. The second kappa shape index (κ2) is 8.05. The van der Waals surface area contributed by atoms with Gasteiger partial charge in [0.1, 0.15) is 5.82 Å². The maximum atomic E-state index is 13.3. The molecule has 0 fully saturated rings. The summed E-state index contributed by atoms with van der Waals surface area (Å²) in [5.74, 6) is -0.486. The lowest BCUT2D eigenvalue weighted by atomic mass is 10.1. The molecule has 7 nitrogen and oxygen atoms in total. The summed E-state index contributed by atoms with van der Waals surface area (Å²) in [5.41, 5.74) is 0.0790. The van der Waals surface area contributed by atoms with Gasteiger partial charge in [0.05, 0.1) is 23.0 Å². The first-order valence-electron chi connectivity index (χ1n) is 7.95. The topological polar surface area (TPSA) is 98.5 Å². The predicted octanol–water partition coefficient (Wildman–Crippen LogP) is 3.87. The van der Waals surface area contributed by atoms with E-state index < -0.39 is 32.5 Å². The molecule has 0 aliphatic carbocycles. The first-order valence-corrected chi connectivity index (χ1v) is 10.3. The predicted molar refractivity (Wildman–Crippen MR) is 103 cm³/mol. The van der Waals surface area contributed by atoms with Gasteiger partial charge in [-0.25, -0.2) is 12.8 Å². The Morgan fingerprint density at radius 3 is 2.46 bits per heavy atom. The molecule has 1 atom stereocenters. The number of hydrogen-bond acceptors (Lipinski definition) is 6. The fraction of sp³-hybridized carbons (Fsp3) is 0.111. The summed E-state index contributed by atoms with van der Waals surface area (Å²) in [4.78, 5) is 10.9. The molecule has 0 bridgehead atoms. The summed E-state index contributed by atoms with van der Waals surface area (Å²) in [5, 5.41) is 13.0. The van der Waals surface area contributed by atoms with Crippen molar-refractivity contribution in [3.8, 4) is 5.75 Å². The summed E-state index contributed by atoms with van der Waals surface area (Å²) < 4.78 is 46.5. The van der Waals surface area contributed by atoms with Gasteiger partial charge in [-0.3, -0.25) is 10.1 Å². The van der Waals surface area contributed by atoms with Crippen LogP contribution in [0.15, 0.2) is 64.9 Å². The van der Waals surface area contributed by atoms with Gasteiger partial charge >= 0.3 is 5.69 Å². The zero-order chi connectivity index (χ0) is 20.3. The molecule has 3 rings (SSSR count). The third-order valence-corrected chi connectivity index (χ3v) is 6.32. The highest BCUT2D eigenvalue weighted by Crippen LogP contribution is 2.32. The quantitative estimate of drug-likeness (QED) is 0.460. The van der Waals surface area contributed by atoms with Gasteiger partial charge in [0, 0.05) is 10.9 Å². The number of sulfonamides is 1. The number of nitro benzene ring substituents is 1. The smallest absolute Gasteiger partial charge is 0.312 e. The minimum Gasteiger partial charge on any atom is -0.490 e. The van der Waals surface area contributed by atoms with E-state index in [0.29, 0.717) is 10.4 Å². The molecule has 28 heavy (non-hydrogen) atoms. The van der Waals surface area contributed by atoms with Crippen molar-refractivity contribution in [2.45, 2.75) is 10.9 Å². The van der Waals surface area contributed by atoms with E-state index >= 15 is 0 Å². The largest absolute Gasteiger partial charge is 0.490 e. The number of nitro groups is 1. The third kappa shape index (κ3) is 4.19. The van der Waals surface area contributed by atoms with Gasteiger partial charge in [0.25, 0.3) is 0 Å². The Hall–Kier alpha value is -2.82. The number of thiophene rings is 1. The average Bonchev–Trinajstić information content (AvgIpc) is 3.21. The minimum absolute atomic E-state index is 0.0442. The highest BCUT2D eigenvalue weighted by atomic mass is 32.2. The Morgan fingerprint density at radius 1 is 1.18 bits per heavy atom. The van der Waals surface area contributed by atoms with Crippen molar-refractivity contribution in [2.24, 2.45) is 0 Å². The van der Waals surface area contributed by atoms with Crippen molar-refractivity contribution in [3.63, 3.8) is 0 Å². The number of ether oxygens (including phenoxy) is 1. The molecule has 0 spiro atoms. The molecule has 0 saturated carbocycles. The van der Waals surface area contributed by atoms with E-state index in [1.807, 2.05) is 0 Å². The van der Waals surface area contributed by atoms with E-state index in [4.69, 9.17) is 4.74 Å². The first kappa shape index (κ1) is 19.9. The van der Waals surface area contributed by atoms with Crippen LogP contribution in [0, 0.1) is 15.9 Å². The SMILES string of the molecule is COc1ccc(S(=O)(=O)N[C@@H](c2ccc(F)cc2)c2cccs2)cc1[N+](=O)[O-]. The first-order chi connectivity index (χ1) is 13.3. The van der Waals surface area contributed by atoms with Gasteiger partial charge in [-0.2, -0.15) is 4.72 Å². The summed E-state index contributed by atoms with van der Waals surface area (Å²) >= 11 is 1.33. The van der Waals surface area contributed by atoms with Gasteiger partial charge in [-0.15, -0.1) is 11.3 Å². The van der Waals surface area contributed by atoms with Gasteiger partial charge in [-0.05, 0) is 41.3 Å². The van der Waals surface area contributed by atoms with Crippen molar-refractivity contribution in [2.75, 3.05) is 7.11 Å². The molecule has 0 amide bonds. The Morgan fingerprint density at radius 2 is 1.89 bits per heavy atom. The third-order valence-electron chi connectivity index (χ3n) is 3.96. The van der Waals surface area contributed by atoms with Crippen LogP contribution in [0.4, 0.5) is 10.1 Å². The fourth-order valence-electron chi connectivity index (χ4n) is 2.60. The van der Waals surface area contributed by atoms with Gasteiger partial charge in [-0.1, -0.05) is 18.2 Å². The zero-order valence-electron chi connectivity index (χ0n) is 14.5. The van der Waals surface area contributed by atoms with E-state index in [1.165, 1.54) is 54.8 Å².